The van der Waals surface area contributed by atoms with Crippen LogP contribution in [0.2, 0.25) is 5.02 Å². The van der Waals surface area contributed by atoms with Gasteiger partial charge in [-0.05, 0) is 37.1 Å². The van der Waals surface area contributed by atoms with E-state index in [0.717, 1.165) is 0 Å². The van der Waals surface area contributed by atoms with Crippen molar-refractivity contribution in [3.05, 3.63) is 29.3 Å². The van der Waals surface area contributed by atoms with Crippen LogP contribution >= 0.6 is 11.6 Å². The molecule has 3 nitrogen and oxygen atoms in total. The average Bonchev–Trinajstić information content (AvgIpc) is 2.17. The maximum Gasteiger partial charge on any atom is 0.240 e. The monoisotopic (exact) mass is 261 g/mol. The molecular weight excluding hydrogens is 246 g/mol. The third-order valence-corrected chi connectivity index (χ3v) is 4.29. The summed E-state index contributed by atoms with van der Waals surface area (Å²) in [6, 6.07) is 6.03. The van der Waals surface area contributed by atoms with Crippen LogP contribution in [0.15, 0.2) is 29.2 Å². The molecule has 1 N–H and O–H groups in total. The first-order chi connectivity index (χ1) is 7.33. The van der Waals surface area contributed by atoms with Crippen LogP contribution in [0.5, 0.6) is 0 Å². The van der Waals surface area contributed by atoms with Gasteiger partial charge in [0.05, 0.1) is 4.90 Å². The van der Waals surface area contributed by atoms with E-state index in [1.807, 2.05) is 20.8 Å². The molecule has 1 aromatic carbocycles. The molecule has 0 aliphatic carbocycles. The van der Waals surface area contributed by atoms with E-state index >= 15 is 0 Å². The Morgan fingerprint density at radius 3 is 2.06 bits per heavy atom. The molecule has 0 amide bonds. The van der Waals surface area contributed by atoms with E-state index in [0.29, 0.717) is 5.02 Å². The summed E-state index contributed by atoms with van der Waals surface area (Å²) in [5, 5.41) is 0.524. The molecular formula is C11H16ClNO2S. The molecule has 0 aliphatic heterocycles. The Labute approximate surface area is 102 Å². The van der Waals surface area contributed by atoms with Crippen LogP contribution < -0.4 is 4.72 Å². The predicted molar refractivity (Wildman–Crippen MR) is 66.1 cm³/mol. The first-order valence-corrected chi connectivity index (χ1v) is 6.97. The Hall–Kier alpha value is -0.580. The lowest BCUT2D eigenvalue weighted by molar-refractivity contribution is 0.476. The molecule has 1 atom stereocenters. The van der Waals surface area contributed by atoms with Gasteiger partial charge in [0, 0.05) is 11.1 Å². The van der Waals surface area contributed by atoms with Crippen LogP contribution in [0.25, 0.3) is 0 Å². The first-order valence-electron chi connectivity index (χ1n) is 5.11. The Balaban J connectivity index is 2.90. The van der Waals surface area contributed by atoms with Crippen molar-refractivity contribution in [1.29, 1.82) is 0 Å². The molecule has 0 radical (unpaired) electrons. The highest BCUT2D eigenvalue weighted by Crippen LogP contribution is 2.15. The van der Waals surface area contributed by atoms with E-state index in [2.05, 4.69) is 4.72 Å². The smallest absolute Gasteiger partial charge is 0.208 e. The number of nitrogens with one attached hydrogen (secondary N) is 1. The van der Waals surface area contributed by atoms with Crippen LogP contribution in [0.4, 0.5) is 0 Å². The molecule has 0 spiro atoms. The van der Waals surface area contributed by atoms with E-state index in [9.17, 15) is 8.42 Å². The summed E-state index contributed by atoms with van der Waals surface area (Å²) in [6.07, 6.45) is 0. The SMILES string of the molecule is CC(C)C(C)NS(=O)(=O)c1ccc(Cl)cc1. The molecule has 1 rings (SSSR count). The number of benzene rings is 1. The minimum absolute atomic E-state index is 0.0966. The summed E-state index contributed by atoms with van der Waals surface area (Å²) in [6.45, 7) is 5.78. The van der Waals surface area contributed by atoms with Crippen molar-refractivity contribution in [3.8, 4) is 0 Å². The molecule has 0 fully saturated rings. The van der Waals surface area contributed by atoms with E-state index in [-0.39, 0.29) is 16.9 Å². The molecule has 1 unspecified atom stereocenters. The van der Waals surface area contributed by atoms with Crippen LogP contribution in [0.1, 0.15) is 20.8 Å². The lowest BCUT2D eigenvalue weighted by Gasteiger charge is -2.17. The molecule has 0 saturated carbocycles. The van der Waals surface area contributed by atoms with Crippen LogP contribution in [0, 0.1) is 5.92 Å². The van der Waals surface area contributed by atoms with Gasteiger partial charge in [-0.1, -0.05) is 25.4 Å². The number of hydrogen-bond donors (Lipinski definition) is 1. The topological polar surface area (TPSA) is 46.2 Å². The largest absolute Gasteiger partial charge is 0.240 e. The third-order valence-electron chi connectivity index (χ3n) is 2.46. The van der Waals surface area contributed by atoms with Crippen molar-refractivity contribution in [2.24, 2.45) is 5.92 Å². The fraction of sp³-hybridized carbons (Fsp3) is 0.455. The molecule has 0 bridgehead atoms. The lowest BCUT2D eigenvalue weighted by atomic mass is 10.1. The molecule has 5 heteroatoms. The van der Waals surface area contributed by atoms with Gasteiger partial charge in [0.2, 0.25) is 10.0 Å². The van der Waals surface area contributed by atoms with Crippen LogP contribution in [-0.2, 0) is 10.0 Å². The van der Waals surface area contributed by atoms with Crippen molar-refractivity contribution in [2.45, 2.75) is 31.7 Å². The van der Waals surface area contributed by atoms with Gasteiger partial charge in [-0.25, -0.2) is 13.1 Å². The van der Waals surface area contributed by atoms with Crippen molar-refractivity contribution < 1.29 is 8.42 Å². The zero-order valence-corrected chi connectivity index (χ0v) is 11.1. The summed E-state index contributed by atoms with van der Waals surface area (Å²) in [5.41, 5.74) is 0. The van der Waals surface area contributed by atoms with Crippen LogP contribution in [-0.4, -0.2) is 14.5 Å². The summed E-state index contributed by atoms with van der Waals surface area (Å²) in [4.78, 5) is 0.240. The summed E-state index contributed by atoms with van der Waals surface area (Å²) >= 11 is 5.70. The highest BCUT2D eigenvalue weighted by atomic mass is 35.5. The van der Waals surface area contributed by atoms with Crippen molar-refractivity contribution in [1.82, 2.24) is 4.72 Å². The summed E-state index contributed by atoms with van der Waals surface area (Å²) in [7, 11) is -3.43. The van der Waals surface area contributed by atoms with Crippen molar-refractivity contribution in [3.63, 3.8) is 0 Å². The molecule has 0 saturated heterocycles. The maximum absolute atomic E-state index is 11.9. The second kappa shape index (κ2) is 5.17. The lowest BCUT2D eigenvalue weighted by Crippen LogP contribution is -2.36. The number of rotatable bonds is 4. The second-order valence-corrected chi connectivity index (χ2v) is 6.26. The van der Waals surface area contributed by atoms with E-state index in [1.165, 1.54) is 12.1 Å². The normalized spacial score (nSPS) is 14.1. The molecule has 16 heavy (non-hydrogen) atoms. The number of hydrogen-bond acceptors (Lipinski definition) is 2. The fourth-order valence-corrected chi connectivity index (χ4v) is 2.58. The summed E-state index contributed by atoms with van der Waals surface area (Å²) in [5.74, 6) is 0.252. The van der Waals surface area contributed by atoms with E-state index < -0.39 is 10.0 Å². The number of sulfonamides is 1. The third kappa shape index (κ3) is 3.47. The van der Waals surface area contributed by atoms with Gasteiger partial charge in [0.25, 0.3) is 0 Å². The summed E-state index contributed by atoms with van der Waals surface area (Å²) < 4.78 is 26.4. The van der Waals surface area contributed by atoms with Gasteiger partial charge >= 0.3 is 0 Å². The minimum Gasteiger partial charge on any atom is -0.208 e. The highest BCUT2D eigenvalue weighted by molar-refractivity contribution is 7.89. The molecule has 90 valence electrons. The zero-order chi connectivity index (χ0) is 12.3. The van der Waals surface area contributed by atoms with Gasteiger partial charge in [-0.15, -0.1) is 0 Å². The molecule has 0 heterocycles. The van der Waals surface area contributed by atoms with Crippen molar-refractivity contribution in [2.75, 3.05) is 0 Å². The Morgan fingerprint density at radius 2 is 1.62 bits per heavy atom. The van der Waals surface area contributed by atoms with E-state index in [4.69, 9.17) is 11.6 Å². The van der Waals surface area contributed by atoms with Gasteiger partial charge in [0.1, 0.15) is 0 Å². The van der Waals surface area contributed by atoms with Gasteiger partial charge in [-0.3, -0.25) is 0 Å². The Kier molecular flexibility index (Phi) is 4.35. The van der Waals surface area contributed by atoms with Gasteiger partial charge in [0.15, 0.2) is 0 Å². The first kappa shape index (κ1) is 13.5. The van der Waals surface area contributed by atoms with Crippen molar-refractivity contribution >= 4 is 21.6 Å². The second-order valence-electron chi connectivity index (χ2n) is 4.11. The quantitative estimate of drug-likeness (QED) is 0.906. The number of halogens is 1. The minimum atomic E-state index is -3.43. The predicted octanol–water partition coefficient (Wildman–Crippen LogP) is 2.66. The molecule has 0 aliphatic rings. The average molecular weight is 262 g/mol. The standard InChI is InChI=1S/C11H16ClNO2S/c1-8(2)9(3)13-16(14,15)11-6-4-10(12)5-7-11/h4-9,13H,1-3H3. The van der Waals surface area contributed by atoms with E-state index in [1.54, 1.807) is 12.1 Å². The molecule has 1 aromatic rings. The van der Waals surface area contributed by atoms with Gasteiger partial charge < -0.3 is 0 Å². The fourth-order valence-electron chi connectivity index (χ4n) is 1.06. The highest BCUT2D eigenvalue weighted by Gasteiger charge is 2.18. The Morgan fingerprint density at radius 1 is 1.12 bits per heavy atom. The zero-order valence-electron chi connectivity index (χ0n) is 9.57. The van der Waals surface area contributed by atoms with Crippen LogP contribution in [0.3, 0.4) is 0 Å². The maximum atomic E-state index is 11.9. The molecule has 0 aromatic heterocycles. The van der Waals surface area contributed by atoms with Gasteiger partial charge in [-0.2, -0.15) is 0 Å². The Bertz CT molecular complexity index is 440.